The van der Waals surface area contributed by atoms with Crippen molar-refractivity contribution < 1.29 is 29.5 Å². The van der Waals surface area contributed by atoms with Crippen molar-refractivity contribution in [3.63, 3.8) is 0 Å². The third kappa shape index (κ3) is 5.33. The lowest BCUT2D eigenvalue weighted by Crippen LogP contribution is -2.26. The molecule has 1 rings (SSSR count). The number of amides is 2. The van der Waals surface area contributed by atoms with Crippen LogP contribution in [0.15, 0.2) is 24.3 Å². The van der Waals surface area contributed by atoms with Gasteiger partial charge in [0.25, 0.3) is 11.8 Å². The van der Waals surface area contributed by atoms with Crippen molar-refractivity contribution in [2.24, 2.45) is 0 Å². The van der Waals surface area contributed by atoms with Gasteiger partial charge >= 0.3 is 0 Å². The maximum Gasteiger partial charge on any atom is 0.274 e. The van der Waals surface area contributed by atoms with Crippen molar-refractivity contribution >= 4 is 11.8 Å². The van der Waals surface area contributed by atoms with Crippen molar-refractivity contribution in [2.45, 2.75) is 0 Å². The molecular formula is C12H16N2O6. The topological polar surface area (TPSA) is 117 Å². The highest BCUT2D eigenvalue weighted by Crippen LogP contribution is 2.04. The molecule has 1 aromatic rings. The van der Waals surface area contributed by atoms with E-state index in [0.717, 1.165) is 0 Å². The number of hydrogen-bond donors (Lipinski definition) is 4. The van der Waals surface area contributed by atoms with E-state index >= 15 is 0 Å². The Hall–Kier alpha value is -2.00. The smallest absolute Gasteiger partial charge is 0.274 e. The highest BCUT2D eigenvalue weighted by Gasteiger charge is 2.08. The van der Waals surface area contributed by atoms with E-state index in [1.807, 2.05) is 0 Å². The van der Waals surface area contributed by atoms with E-state index < -0.39 is 11.8 Å². The second-order valence-electron chi connectivity index (χ2n) is 3.58. The maximum absolute atomic E-state index is 11.5. The summed E-state index contributed by atoms with van der Waals surface area (Å²) in [5.41, 5.74) is 4.88. The van der Waals surface area contributed by atoms with Gasteiger partial charge in [-0.25, -0.2) is 11.0 Å². The molecule has 4 N–H and O–H groups in total. The molecular weight excluding hydrogens is 268 g/mol. The number of nitrogens with one attached hydrogen (secondary N) is 2. The van der Waals surface area contributed by atoms with Gasteiger partial charge in [-0.2, -0.15) is 0 Å². The Morgan fingerprint density at radius 3 is 1.50 bits per heavy atom. The Morgan fingerprint density at radius 1 is 0.850 bits per heavy atom. The van der Waals surface area contributed by atoms with Gasteiger partial charge in [-0.1, -0.05) is 0 Å². The molecule has 0 aliphatic rings. The highest BCUT2D eigenvalue weighted by atomic mass is 16.7. The van der Waals surface area contributed by atoms with E-state index in [9.17, 15) is 9.59 Å². The third-order valence-corrected chi connectivity index (χ3v) is 2.13. The lowest BCUT2D eigenvalue weighted by Gasteiger charge is -2.06. The van der Waals surface area contributed by atoms with Gasteiger partial charge < -0.3 is 10.2 Å². The monoisotopic (exact) mass is 284 g/mol. The number of aliphatic hydroxyl groups is 2. The second kappa shape index (κ2) is 8.99. The number of carbonyl (C=O) groups is 2. The Morgan fingerprint density at radius 2 is 1.20 bits per heavy atom. The van der Waals surface area contributed by atoms with Gasteiger partial charge in [0, 0.05) is 11.1 Å². The van der Waals surface area contributed by atoms with Crippen LogP contribution in [-0.4, -0.2) is 48.5 Å². The average molecular weight is 284 g/mol. The summed E-state index contributed by atoms with van der Waals surface area (Å²) in [6.45, 7) is -0.413. The molecule has 1 aromatic carbocycles. The molecule has 0 fully saturated rings. The molecule has 20 heavy (non-hydrogen) atoms. The van der Waals surface area contributed by atoms with Crippen LogP contribution >= 0.6 is 0 Å². The molecule has 0 saturated heterocycles. The van der Waals surface area contributed by atoms with Crippen LogP contribution in [-0.2, 0) is 9.68 Å². The van der Waals surface area contributed by atoms with E-state index in [1.54, 1.807) is 0 Å². The minimum atomic E-state index is -0.484. The molecule has 0 heterocycles. The standard InChI is InChI=1S/C12H16N2O6/c15-5-7-19-13-11(17)9-1-2-10(4-3-9)12(18)14-20-8-6-16/h1-4,15-16H,5-8H2,(H,13,17)(H,14,18). The van der Waals surface area contributed by atoms with Crippen molar-refractivity contribution in [3.05, 3.63) is 35.4 Å². The first-order valence-electron chi connectivity index (χ1n) is 5.85. The van der Waals surface area contributed by atoms with Crippen molar-refractivity contribution in [2.75, 3.05) is 26.4 Å². The summed E-state index contributed by atoms with van der Waals surface area (Å²) in [6, 6.07) is 5.77. The first-order valence-corrected chi connectivity index (χ1v) is 5.85. The molecule has 8 nitrogen and oxygen atoms in total. The minimum absolute atomic E-state index is 0.00553. The molecule has 0 spiro atoms. The Kier molecular flexibility index (Phi) is 7.22. The fourth-order valence-electron chi connectivity index (χ4n) is 1.22. The summed E-state index contributed by atoms with van der Waals surface area (Å²) in [6.07, 6.45) is 0. The molecule has 0 aromatic heterocycles. The van der Waals surface area contributed by atoms with Crippen molar-refractivity contribution in [1.82, 2.24) is 11.0 Å². The summed E-state index contributed by atoms with van der Waals surface area (Å²) >= 11 is 0. The summed E-state index contributed by atoms with van der Waals surface area (Å²) in [5, 5.41) is 17.0. The zero-order valence-corrected chi connectivity index (χ0v) is 10.7. The predicted molar refractivity (Wildman–Crippen MR) is 67.5 cm³/mol. The molecule has 2 amide bonds. The number of hydroxylamine groups is 2. The fourth-order valence-corrected chi connectivity index (χ4v) is 1.22. The molecule has 0 aliphatic heterocycles. The first-order chi connectivity index (χ1) is 9.69. The fraction of sp³-hybridized carbons (Fsp3) is 0.333. The Bertz CT molecular complexity index is 393. The summed E-state index contributed by atoms with van der Waals surface area (Å²) in [5.74, 6) is -0.969. The van der Waals surface area contributed by atoms with E-state index in [4.69, 9.17) is 10.2 Å². The highest BCUT2D eigenvalue weighted by molar-refractivity contribution is 5.97. The molecule has 0 saturated carbocycles. The molecule has 0 unspecified atom stereocenters. The van der Waals surface area contributed by atoms with Crippen LogP contribution in [0.5, 0.6) is 0 Å². The molecule has 0 radical (unpaired) electrons. The number of hydrogen-bond acceptors (Lipinski definition) is 6. The molecule has 0 bridgehead atoms. The molecule has 0 aliphatic carbocycles. The van der Waals surface area contributed by atoms with Gasteiger partial charge in [0.15, 0.2) is 0 Å². The van der Waals surface area contributed by atoms with Gasteiger partial charge in [0.05, 0.1) is 26.4 Å². The third-order valence-electron chi connectivity index (χ3n) is 2.13. The van der Waals surface area contributed by atoms with Gasteiger partial charge in [0.2, 0.25) is 0 Å². The lowest BCUT2D eigenvalue weighted by molar-refractivity contribution is 0.0163. The average Bonchev–Trinajstić information content (AvgIpc) is 2.47. The van der Waals surface area contributed by atoms with E-state index in [1.165, 1.54) is 24.3 Å². The number of benzene rings is 1. The Balaban J connectivity index is 2.50. The van der Waals surface area contributed by atoms with Gasteiger partial charge in [-0.3, -0.25) is 19.3 Å². The Labute approximate surface area is 115 Å². The van der Waals surface area contributed by atoms with Gasteiger partial charge in [-0.15, -0.1) is 0 Å². The van der Waals surface area contributed by atoms with Crippen LogP contribution < -0.4 is 11.0 Å². The number of carbonyl (C=O) groups excluding carboxylic acids is 2. The molecule has 8 heteroatoms. The van der Waals surface area contributed by atoms with Crippen LogP contribution in [0.25, 0.3) is 0 Å². The quantitative estimate of drug-likeness (QED) is 0.359. The molecule has 110 valence electrons. The zero-order valence-electron chi connectivity index (χ0n) is 10.7. The summed E-state index contributed by atoms with van der Waals surface area (Å²) in [4.78, 5) is 32.4. The number of rotatable bonds is 8. The zero-order chi connectivity index (χ0) is 14.8. The van der Waals surface area contributed by atoms with Crippen molar-refractivity contribution in [3.8, 4) is 0 Å². The largest absolute Gasteiger partial charge is 0.394 e. The first kappa shape index (κ1) is 16.1. The lowest BCUT2D eigenvalue weighted by atomic mass is 10.1. The van der Waals surface area contributed by atoms with Crippen LogP contribution in [0.4, 0.5) is 0 Å². The predicted octanol–water partition coefficient (Wildman–Crippen LogP) is -1.01. The van der Waals surface area contributed by atoms with E-state index in [0.29, 0.717) is 11.1 Å². The summed E-state index contributed by atoms with van der Waals surface area (Å²) in [7, 11) is 0. The normalized spacial score (nSPS) is 10.1. The summed E-state index contributed by atoms with van der Waals surface area (Å²) < 4.78 is 0. The second-order valence-corrected chi connectivity index (χ2v) is 3.58. The molecule has 0 atom stereocenters. The maximum atomic E-state index is 11.5. The number of aliphatic hydroxyl groups excluding tert-OH is 2. The van der Waals surface area contributed by atoms with Gasteiger partial charge in [-0.05, 0) is 24.3 Å². The van der Waals surface area contributed by atoms with Crippen LogP contribution in [0.2, 0.25) is 0 Å². The minimum Gasteiger partial charge on any atom is -0.394 e. The van der Waals surface area contributed by atoms with E-state index in [2.05, 4.69) is 20.6 Å². The van der Waals surface area contributed by atoms with E-state index in [-0.39, 0.29) is 26.4 Å². The van der Waals surface area contributed by atoms with Crippen molar-refractivity contribution in [1.29, 1.82) is 0 Å². The van der Waals surface area contributed by atoms with Crippen LogP contribution in [0, 0.1) is 0 Å². The van der Waals surface area contributed by atoms with Gasteiger partial charge in [0.1, 0.15) is 0 Å². The van der Waals surface area contributed by atoms with Crippen LogP contribution in [0.1, 0.15) is 20.7 Å². The SMILES string of the molecule is O=C(NOCCO)c1ccc(C(=O)NOCCO)cc1. The van der Waals surface area contributed by atoms with Crippen LogP contribution in [0.3, 0.4) is 0 Å².